The van der Waals surface area contributed by atoms with E-state index >= 15 is 0 Å². The van der Waals surface area contributed by atoms with Crippen molar-refractivity contribution in [2.45, 2.75) is 25.2 Å². The van der Waals surface area contributed by atoms with Crippen molar-refractivity contribution in [1.29, 1.82) is 0 Å². The molecular weight excluding hydrogens is 286 g/mol. The minimum absolute atomic E-state index is 0.358. The fourth-order valence-electron chi connectivity index (χ4n) is 2.01. The predicted molar refractivity (Wildman–Crippen MR) is 88.2 cm³/mol. The highest BCUT2D eigenvalue weighted by Crippen LogP contribution is 2.18. The highest BCUT2D eigenvalue weighted by Gasteiger charge is 2.23. The topological polar surface area (TPSA) is 52.7 Å². The number of hydrogen-bond acceptors (Lipinski definition) is 4. The van der Waals surface area contributed by atoms with Crippen molar-refractivity contribution >= 4 is 15.7 Å². The van der Waals surface area contributed by atoms with Crippen LogP contribution in [-0.4, -0.2) is 57.9 Å². The zero-order valence-corrected chi connectivity index (χ0v) is 14.3. The number of hydrogen-bond donors (Lipinski definition) is 1. The van der Waals surface area contributed by atoms with E-state index in [4.69, 9.17) is 0 Å². The number of likely N-dealkylation sites (N-methyl/N-ethyl adjacent to an activating group) is 1. The summed E-state index contributed by atoms with van der Waals surface area (Å²) in [6.07, 6.45) is 0.808. The van der Waals surface area contributed by atoms with E-state index in [1.54, 1.807) is 16.4 Å². The second kappa shape index (κ2) is 8.36. The Balaban J connectivity index is 2.93. The predicted octanol–water partition coefficient (Wildman–Crippen LogP) is 2.08. The summed E-state index contributed by atoms with van der Waals surface area (Å²) in [4.78, 5) is 2.35. The van der Waals surface area contributed by atoms with Gasteiger partial charge in [-0.3, -0.25) is 0 Å². The summed E-state index contributed by atoms with van der Waals surface area (Å²) in [5.41, 5.74) is 0.937. The van der Waals surface area contributed by atoms with Gasteiger partial charge >= 0.3 is 0 Å². The largest absolute Gasteiger partial charge is 0.385 e. The lowest BCUT2D eigenvalue weighted by molar-refractivity contribution is 0.333. The molecule has 0 spiro atoms. The van der Waals surface area contributed by atoms with Gasteiger partial charge in [0.15, 0.2) is 0 Å². The van der Waals surface area contributed by atoms with Gasteiger partial charge in [0, 0.05) is 31.9 Å². The molecule has 0 unspecified atom stereocenters. The highest BCUT2D eigenvalue weighted by atomic mass is 32.2. The molecule has 0 aliphatic heterocycles. The molecule has 0 aliphatic carbocycles. The van der Waals surface area contributed by atoms with Gasteiger partial charge in [0.25, 0.3) is 0 Å². The Labute approximate surface area is 129 Å². The molecular formula is C15H27N3O2S. The van der Waals surface area contributed by atoms with Gasteiger partial charge in [-0.1, -0.05) is 6.92 Å². The molecule has 1 aromatic carbocycles. The molecule has 21 heavy (non-hydrogen) atoms. The molecule has 0 saturated heterocycles. The van der Waals surface area contributed by atoms with E-state index in [2.05, 4.69) is 5.32 Å². The lowest BCUT2D eigenvalue weighted by Crippen LogP contribution is -2.37. The third-order valence-corrected chi connectivity index (χ3v) is 5.06. The summed E-state index contributed by atoms with van der Waals surface area (Å²) in [6.45, 7) is 6.59. The molecule has 0 heterocycles. The Kier molecular flexibility index (Phi) is 7.14. The first-order chi connectivity index (χ1) is 9.91. The average molecular weight is 313 g/mol. The second-order valence-electron chi connectivity index (χ2n) is 5.26. The summed E-state index contributed by atoms with van der Waals surface area (Å²) >= 11 is 0. The van der Waals surface area contributed by atoms with Gasteiger partial charge in [0.2, 0.25) is 10.0 Å². The molecule has 1 rings (SSSR count). The van der Waals surface area contributed by atoms with Crippen molar-refractivity contribution in [3.63, 3.8) is 0 Å². The van der Waals surface area contributed by atoms with Crippen LogP contribution in [0.2, 0.25) is 0 Å². The van der Waals surface area contributed by atoms with E-state index in [0.717, 1.165) is 18.7 Å². The van der Waals surface area contributed by atoms with Gasteiger partial charge in [0.05, 0.1) is 4.90 Å². The normalized spacial score (nSPS) is 12.1. The number of rotatable bonds is 9. The summed E-state index contributed by atoms with van der Waals surface area (Å²) in [6, 6.07) is 6.97. The molecule has 0 saturated carbocycles. The molecule has 0 aromatic heterocycles. The highest BCUT2D eigenvalue weighted by molar-refractivity contribution is 7.89. The van der Waals surface area contributed by atoms with Gasteiger partial charge in [-0.25, -0.2) is 8.42 Å². The first-order valence-corrected chi connectivity index (χ1v) is 8.84. The molecule has 0 fully saturated rings. The first kappa shape index (κ1) is 17.9. The van der Waals surface area contributed by atoms with E-state index in [1.165, 1.54) is 0 Å². The molecule has 0 atom stereocenters. The molecule has 0 bridgehead atoms. The van der Waals surface area contributed by atoms with Gasteiger partial charge in [-0.15, -0.1) is 0 Å². The molecule has 0 radical (unpaired) electrons. The lowest BCUT2D eigenvalue weighted by atomic mass is 10.3. The van der Waals surface area contributed by atoms with Crippen molar-refractivity contribution in [3.8, 4) is 0 Å². The summed E-state index contributed by atoms with van der Waals surface area (Å²) in [7, 11) is 0.481. The molecule has 0 amide bonds. The van der Waals surface area contributed by atoms with E-state index < -0.39 is 10.0 Å². The molecule has 0 aliphatic rings. The molecule has 1 aromatic rings. The van der Waals surface area contributed by atoms with Crippen LogP contribution in [-0.2, 0) is 10.0 Å². The van der Waals surface area contributed by atoms with Gasteiger partial charge in [0.1, 0.15) is 0 Å². The Morgan fingerprint density at radius 3 is 2.10 bits per heavy atom. The number of nitrogens with zero attached hydrogens (tertiary/aromatic N) is 2. The van der Waals surface area contributed by atoms with Crippen molar-refractivity contribution in [1.82, 2.24) is 9.21 Å². The van der Waals surface area contributed by atoms with Crippen LogP contribution in [0.1, 0.15) is 20.3 Å². The molecule has 5 nitrogen and oxygen atoms in total. The fraction of sp³-hybridized carbons (Fsp3) is 0.600. The maximum atomic E-state index is 12.7. The van der Waals surface area contributed by atoms with Gasteiger partial charge in [-0.05, 0) is 51.7 Å². The molecule has 120 valence electrons. The number of nitrogens with one attached hydrogen (secondary N) is 1. The standard InChI is InChI=1S/C15H27N3O2S/c1-5-11-18(13-12-17(3)4)21(19,20)15-9-7-14(8-10-15)16-6-2/h7-10,16H,5-6,11-13H2,1-4H3. The number of sulfonamides is 1. The molecule has 1 N–H and O–H groups in total. The zero-order chi connectivity index (χ0) is 15.9. The number of benzene rings is 1. The van der Waals surface area contributed by atoms with E-state index in [-0.39, 0.29) is 0 Å². The summed E-state index contributed by atoms with van der Waals surface area (Å²) in [5, 5.41) is 3.17. The monoisotopic (exact) mass is 313 g/mol. The average Bonchev–Trinajstić information content (AvgIpc) is 2.44. The fourth-order valence-corrected chi connectivity index (χ4v) is 3.53. The van der Waals surface area contributed by atoms with Crippen molar-refractivity contribution in [3.05, 3.63) is 24.3 Å². The van der Waals surface area contributed by atoms with E-state index in [0.29, 0.717) is 24.5 Å². The van der Waals surface area contributed by atoms with Crippen LogP contribution in [0, 0.1) is 0 Å². The Bertz CT molecular complexity index is 512. The van der Waals surface area contributed by atoms with Crippen molar-refractivity contribution in [2.75, 3.05) is 45.6 Å². The minimum atomic E-state index is -3.41. The van der Waals surface area contributed by atoms with Crippen molar-refractivity contribution < 1.29 is 8.42 Å². The summed E-state index contributed by atoms with van der Waals surface area (Å²) < 4.78 is 26.9. The third-order valence-electron chi connectivity index (χ3n) is 3.14. The third kappa shape index (κ3) is 5.30. The van der Waals surface area contributed by atoms with Crippen molar-refractivity contribution in [2.24, 2.45) is 0 Å². The smallest absolute Gasteiger partial charge is 0.243 e. The lowest BCUT2D eigenvalue weighted by Gasteiger charge is -2.23. The SMILES string of the molecule is CCCN(CCN(C)C)S(=O)(=O)c1ccc(NCC)cc1. The van der Waals surface area contributed by atoms with E-state index in [9.17, 15) is 8.42 Å². The Hall–Kier alpha value is -1.11. The first-order valence-electron chi connectivity index (χ1n) is 7.40. The number of anilines is 1. The Morgan fingerprint density at radius 2 is 1.62 bits per heavy atom. The van der Waals surface area contributed by atoms with Crippen LogP contribution in [0.3, 0.4) is 0 Å². The van der Waals surface area contributed by atoms with Gasteiger partial charge < -0.3 is 10.2 Å². The minimum Gasteiger partial charge on any atom is -0.385 e. The van der Waals surface area contributed by atoms with Gasteiger partial charge in [-0.2, -0.15) is 4.31 Å². The maximum Gasteiger partial charge on any atom is 0.243 e. The quantitative estimate of drug-likeness (QED) is 0.758. The maximum absolute atomic E-state index is 12.7. The molecule has 6 heteroatoms. The summed E-state index contributed by atoms with van der Waals surface area (Å²) in [5.74, 6) is 0. The Morgan fingerprint density at radius 1 is 1.00 bits per heavy atom. The van der Waals surface area contributed by atoms with Crippen LogP contribution in [0.25, 0.3) is 0 Å². The van der Waals surface area contributed by atoms with Crippen LogP contribution in [0.5, 0.6) is 0 Å². The second-order valence-corrected chi connectivity index (χ2v) is 7.20. The van der Waals surface area contributed by atoms with Crippen LogP contribution in [0.15, 0.2) is 29.2 Å². The van der Waals surface area contributed by atoms with Crippen LogP contribution in [0.4, 0.5) is 5.69 Å². The zero-order valence-electron chi connectivity index (χ0n) is 13.5. The van der Waals surface area contributed by atoms with E-state index in [1.807, 2.05) is 45.0 Å². The van der Waals surface area contributed by atoms with Crippen LogP contribution >= 0.6 is 0 Å². The van der Waals surface area contributed by atoms with Crippen LogP contribution < -0.4 is 5.32 Å².